The molecule has 0 aromatic carbocycles. The molecule has 5 nitrogen and oxygen atoms in total. The fourth-order valence-electron chi connectivity index (χ4n) is 3.00. The van der Waals surface area contributed by atoms with Crippen LogP contribution in [-0.2, 0) is 4.79 Å². The van der Waals surface area contributed by atoms with Gasteiger partial charge < -0.3 is 20.9 Å². The molecule has 0 bridgehead atoms. The van der Waals surface area contributed by atoms with Crippen molar-refractivity contribution in [2.75, 3.05) is 40.3 Å². The van der Waals surface area contributed by atoms with E-state index in [2.05, 4.69) is 36.1 Å². The molecule has 1 aliphatic heterocycles. The second kappa shape index (κ2) is 8.71. The number of amides is 1. The van der Waals surface area contributed by atoms with Gasteiger partial charge in [-0.15, -0.1) is 0 Å². The average molecular weight is 298 g/mol. The van der Waals surface area contributed by atoms with Crippen LogP contribution in [0.2, 0.25) is 0 Å². The van der Waals surface area contributed by atoms with E-state index in [0.29, 0.717) is 6.04 Å². The van der Waals surface area contributed by atoms with Crippen LogP contribution in [0.3, 0.4) is 0 Å². The maximum atomic E-state index is 11.7. The molecule has 21 heavy (non-hydrogen) atoms. The minimum absolute atomic E-state index is 0.238. The molecule has 124 valence electrons. The Morgan fingerprint density at radius 3 is 2.57 bits per heavy atom. The SMILES string of the molecule is CCCNC(C)(CCCN(C)C1CCN(C)CC1)C(N)=O. The largest absolute Gasteiger partial charge is 0.368 e. The van der Waals surface area contributed by atoms with Gasteiger partial charge in [-0.1, -0.05) is 6.92 Å². The molecule has 3 N–H and O–H groups in total. The molecule has 0 radical (unpaired) electrons. The number of rotatable bonds is 9. The Morgan fingerprint density at radius 2 is 2.05 bits per heavy atom. The molecule has 0 aliphatic carbocycles. The van der Waals surface area contributed by atoms with Gasteiger partial charge in [-0.3, -0.25) is 4.79 Å². The van der Waals surface area contributed by atoms with E-state index in [4.69, 9.17) is 5.73 Å². The predicted octanol–water partition coefficient (Wildman–Crippen LogP) is 1.04. The van der Waals surface area contributed by atoms with Crippen LogP contribution < -0.4 is 11.1 Å². The predicted molar refractivity (Wildman–Crippen MR) is 88.3 cm³/mol. The molecule has 1 unspecified atom stereocenters. The first-order valence-electron chi connectivity index (χ1n) is 8.32. The Balaban J connectivity index is 2.34. The third-order valence-electron chi connectivity index (χ3n) is 4.81. The zero-order valence-electron chi connectivity index (χ0n) is 14.3. The highest BCUT2D eigenvalue weighted by Gasteiger charge is 2.30. The Hall–Kier alpha value is -0.650. The van der Waals surface area contributed by atoms with Crippen molar-refractivity contribution in [2.24, 2.45) is 5.73 Å². The minimum atomic E-state index is -0.566. The quantitative estimate of drug-likeness (QED) is 0.667. The Labute approximate surface area is 130 Å². The molecule has 1 heterocycles. The van der Waals surface area contributed by atoms with E-state index in [1.807, 2.05) is 6.92 Å². The maximum absolute atomic E-state index is 11.7. The highest BCUT2D eigenvalue weighted by molar-refractivity contribution is 5.84. The van der Waals surface area contributed by atoms with Crippen LogP contribution in [0, 0.1) is 0 Å². The van der Waals surface area contributed by atoms with E-state index in [1.54, 1.807) is 0 Å². The molecule has 0 aromatic heterocycles. The van der Waals surface area contributed by atoms with Crippen LogP contribution in [0.5, 0.6) is 0 Å². The summed E-state index contributed by atoms with van der Waals surface area (Å²) in [4.78, 5) is 16.5. The van der Waals surface area contributed by atoms with Gasteiger partial charge >= 0.3 is 0 Å². The lowest BCUT2D eigenvalue weighted by atomic mass is 9.94. The van der Waals surface area contributed by atoms with Gasteiger partial charge in [0.15, 0.2) is 0 Å². The summed E-state index contributed by atoms with van der Waals surface area (Å²) in [5.41, 5.74) is 5.00. The lowest BCUT2D eigenvalue weighted by Gasteiger charge is -2.36. The van der Waals surface area contributed by atoms with Crippen molar-refractivity contribution in [3.63, 3.8) is 0 Å². The molecule has 0 saturated carbocycles. The van der Waals surface area contributed by atoms with Crippen molar-refractivity contribution in [1.82, 2.24) is 15.1 Å². The number of hydrogen-bond acceptors (Lipinski definition) is 4. The average Bonchev–Trinajstić information content (AvgIpc) is 2.45. The van der Waals surface area contributed by atoms with Crippen molar-refractivity contribution >= 4 is 5.91 Å². The first kappa shape index (κ1) is 18.4. The van der Waals surface area contributed by atoms with Gasteiger partial charge in [-0.2, -0.15) is 0 Å². The molecule has 0 aromatic rings. The summed E-state index contributed by atoms with van der Waals surface area (Å²) in [5, 5.41) is 3.30. The topological polar surface area (TPSA) is 61.6 Å². The van der Waals surface area contributed by atoms with E-state index < -0.39 is 5.54 Å². The summed E-state index contributed by atoms with van der Waals surface area (Å²) >= 11 is 0. The maximum Gasteiger partial charge on any atom is 0.237 e. The lowest BCUT2D eigenvalue weighted by Crippen LogP contribution is -2.53. The highest BCUT2D eigenvalue weighted by Crippen LogP contribution is 2.17. The van der Waals surface area contributed by atoms with Gasteiger partial charge in [0.05, 0.1) is 5.54 Å². The van der Waals surface area contributed by atoms with Crippen molar-refractivity contribution in [3.8, 4) is 0 Å². The summed E-state index contributed by atoms with van der Waals surface area (Å²) in [7, 11) is 4.39. The van der Waals surface area contributed by atoms with E-state index in [1.165, 1.54) is 25.9 Å². The number of carbonyl (C=O) groups excluding carboxylic acids is 1. The highest BCUT2D eigenvalue weighted by atomic mass is 16.1. The van der Waals surface area contributed by atoms with Gasteiger partial charge in [0, 0.05) is 6.04 Å². The van der Waals surface area contributed by atoms with Crippen molar-refractivity contribution in [3.05, 3.63) is 0 Å². The zero-order chi connectivity index (χ0) is 15.9. The fraction of sp³-hybridized carbons (Fsp3) is 0.938. The monoisotopic (exact) mass is 298 g/mol. The first-order chi connectivity index (χ1) is 9.89. The van der Waals surface area contributed by atoms with Crippen LogP contribution in [0.1, 0.15) is 46.0 Å². The fourth-order valence-corrected chi connectivity index (χ4v) is 3.00. The number of nitrogens with one attached hydrogen (secondary N) is 1. The molecule has 1 aliphatic rings. The Morgan fingerprint density at radius 1 is 1.43 bits per heavy atom. The molecule has 1 atom stereocenters. The van der Waals surface area contributed by atoms with Crippen LogP contribution in [-0.4, -0.2) is 67.6 Å². The van der Waals surface area contributed by atoms with Crippen LogP contribution >= 0.6 is 0 Å². The third kappa shape index (κ3) is 5.93. The summed E-state index contributed by atoms with van der Waals surface area (Å²) in [5.74, 6) is -0.238. The van der Waals surface area contributed by atoms with Gasteiger partial charge in [0.25, 0.3) is 0 Å². The van der Waals surface area contributed by atoms with Crippen LogP contribution in [0.15, 0.2) is 0 Å². The van der Waals surface area contributed by atoms with E-state index in [9.17, 15) is 4.79 Å². The number of carbonyl (C=O) groups is 1. The second-order valence-corrected chi connectivity index (χ2v) is 6.74. The van der Waals surface area contributed by atoms with Crippen LogP contribution in [0.25, 0.3) is 0 Å². The Bertz CT molecular complexity index is 315. The van der Waals surface area contributed by atoms with E-state index in [-0.39, 0.29) is 5.91 Å². The smallest absolute Gasteiger partial charge is 0.237 e. The summed E-state index contributed by atoms with van der Waals surface area (Å²) in [6.45, 7) is 8.27. The Kier molecular flexibility index (Phi) is 7.63. The van der Waals surface area contributed by atoms with Gasteiger partial charge in [0.1, 0.15) is 0 Å². The summed E-state index contributed by atoms with van der Waals surface area (Å²) in [6, 6.07) is 0.685. The molecular weight excluding hydrogens is 264 g/mol. The van der Waals surface area contributed by atoms with Crippen LogP contribution in [0.4, 0.5) is 0 Å². The molecule has 1 rings (SSSR count). The molecular formula is C16H34N4O. The third-order valence-corrected chi connectivity index (χ3v) is 4.81. The standard InChI is InChI=1S/C16H34N4O/c1-5-10-18-16(2,15(17)21)9-6-11-20(4)14-7-12-19(3)13-8-14/h14,18H,5-13H2,1-4H3,(H2,17,21). The number of hydrogen-bond donors (Lipinski definition) is 2. The molecule has 1 saturated heterocycles. The summed E-state index contributed by atoms with van der Waals surface area (Å²) in [6.07, 6.45) is 5.30. The van der Waals surface area contributed by atoms with Gasteiger partial charge in [-0.25, -0.2) is 0 Å². The zero-order valence-corrected chi connectivity index (χ0v) is 14.3. The number of nitrogens with two attached hydrogens (primary N) is 1. The lowest BCUT2D eigenvalue weighted by molar-refractivity contribution is -0.124. The van der Waals surface area contributed by atoms with Gasteiger partial charge in [-0.05, 0) is 79.3 Å². The number of primary amides is 1. The molecule has 0 spiro atoms. The van der Waals surface area contributed by atoms with Crippen molar-refractivity contribution in [1.29, 1.82) is 0 Å². The van der Waals surface area contributed by atoms with Crippen molar-refractivity contribution < 1.29 is 4.79 Å². The van der Waals surface area contributed by atoms with Gasteiger partial charge in [0.2, 0.25) is 5.91 Å². The number of nitrogens with zero attached hydrogens (tertiary/aromatic N) is 2. The molecule has 1 amide bonds. The van der Waals surface area contributed by atoms with Crippen molar-refractivity contribution in [2.45, 2.75) is 57.5 Å². The first-order valence-corrected chi connectivity index (χ1v) is 8.32. The summed E-state index contributed by atoms with van der Waals surface area (Å²) < 4.78 is 0. The molecule has 1 fully saturated rings. The number of piperidine rings is 1. The molecule has 5 heteroatoms. The normalized spacial score (nSPS) is 20.6. The van der Waals surface area contributed by atoms with E-state index in [0.717, 1.165) is 32.4 Å². The minimum Gasteiger partial charge on any atom is -0.368 e. The second-order valence-electron chi connectivity index (χ2n) is 6.74. The van der Waals surface area contributed by atoms with E-state index >= 15 is 0 Å². The number of likely N-dealkylation sites (tertiary alicyclic amines) is 1.